The van der Waals surface area contributed by atoms with Crippen molar-refractivity contribution in [2.75, 3.05) is 20.4 Å². The molecule has 0 saturated heterocycles. The lowest BCUT2D eigenvalue weighted by Gasteiger charge is -2.28. The van der Waals surface area contributed by atoms with E-state index in [-0.39, 0.29) is 12.2 Å². The van der Waals surface area contributed by atoms with E-state index in [0.29, 0.717) is 5.92 Å². The van der Waals surface area contributed by atoms with E-state index in [2.05, 4.69) is 0 Å². The highest BCUT2D eigenvalue weighted by Gasteiger charge is 2.30. The summed E-state index contributed by atoms with van der Waals surface area (Å²) in [6.45, 7) is 0. The van der Waals surface area contributed by atoms with E-state index < -0.39 is 13.7 Å². The van der Waals surface area contributed by atoms with Crippen molar-refractivity contribution in [3.8, 4) is 0 Å². The van der Waals surface area contributed by atoms with E-state index in [1.165, 1.54) is 46.3 Å². The molecule has 0 spiro atoms. The van der Waals surface area contributed by atoms with Gasteiger partial charge in [0.25, 0.3) is 0 Å². The van der Waals surface area contributed by atoms with Crippen molar-refractivity contribution in [2.24, 2.45) is 11.7 Å². The molecule has 0 amide bonds. The average molecular weight is 279 g/mol. The summed E-state index contributed by atoms with van der Waals surface area (Å²) in [5, 5.41) is 9.99. The third-order valence-electron chi connectivity index (χ3n) is 3.79. The van der Waals surface area contributed by atoms with Crippen LogP contribution in [0.1, 0.15) is 38.5 Å². The first-order valence-electron chi connectivity index (χ1n) is 6.65. The highest BCUT2D eigenvalue weighted by Crippen LogP contribution is 2.47. The molecule has 0 aromatic rings. The van der Waals surface area contributed by atoms with Gasteiger partial charge in [0.1, 0.15) is 0 Å². The first-order valence-corrected chi connectivity index (χ1v) is 8.37. The van der Waals surface area contributed by atoms with Gasteiger partial charge in [0.15, 0.2) is 0 Å². The Hall–Kier alpha value is 0.0700. The summed E-state index contributed by atoms with van der Waals surface area (Å²) in [6.07, 6.45) is 6.10. The van der Waals surface area contributed by atoms with Crippen molar-refractivity contribution in [2.45, 2.75) is 50.7 Å². The molecule has 0 aromatic carbocycles. The van der Waals surface area contributed by atoms with Crippen LogP contribution in [-0.2, 0) is 13.6 Å². The van der Waals surface area contributed by atoms with Crippen molar-refractivity contribution in [1.82, 2.24) is 0 Å². The minimum atomic E-state index is -3.17. The molecule has 0 aliphatic heterocycles. The molecule has 0 unspecified atom stereocenters. The first-order chi connectivity index (χ1) is 8.50. The molecule has 0 radical (unpaired) electrons. The lowest BCUT2D eigenvalue weighted by molar-refractivity contribution is 0.136. The molecule has 0 heterocycles. The molecule has 1 fully saturated rings. The monoisotopic (exact) mass is 279 g/mol. The maximum Gasteiger partial charge on any atom is 0.332 e. The van der Waals surface area contributed by atoms with Crippen LogP contribution in [-0.4, -0.2) is 37.6 Å². The quantitative estimate of drug-likeness (QED) is 0.698. The summed E-state index contributed by atoms with van der Waals surface area (Å²) in [5.74, 6) is 0.591. The molecule has 5 nitrogen and oxygen atoms in total. The first kappa shape index (κ1) is 16.1. The van der Waals surface area contributed by atoms with Gasteiger partial charge in [-0.2, -0.15) is 0 Å². The highest BCUT2D eigenvalue weighted by atomic mass is 31.2. The fourth-order valence-corrected chi connectivity index (χ4v) is 3.73. The average Bonchev–Trinajstić information content (AvgIpc) is 2.39. The Bertz CT molecular complexity index is 273. The summed E-state index contributed by atoms with van der Waals surface area (Å²) < 4.78 is 21.5. The van der Waals surface area contributed by atoms with Crippen LogP contribution in [0.4, 0.5) is 0 Å². The lowest BCUT2D eigenvalue weighted by atomic mass is 9.84. The van der Waals surface area contributed by atoms with Crippen LogP contribution in [0.3, 0.4) is 0 Å². The van der Waals surface area contributed by atoms with Gasteiger partial charge < -0.3 is 19.9 Å². The van der Waals surface area contributed by atoms with Gasteiger partial charge in [-0.15, -0.1) is 0 Å². The maximum absolute atomic E-state index is 11.9. The van der Waals surface area contributed by atoms with Gasteiger partial charge in [0, 0.05) is 20.3 Å². The molecule has 0 aromatic heterocycles. The van der Waals surface area contributed by atoms with Gasteiger partial charge in [0.05, 0.1) is 12.3 Å². The molecule has 2 atom stereocenters. The van der Waals surface area contributed by atoms with Gasteiger partial charge in [-0.3, -0.25) is 4.57 Å². The summed E-state index contributed by atoms with van der Waals surface area (Å²) in [7, 11) is -0.528. The molecule has 1 saturated carbocycles. The van der Waals surface area contributed by atoms with E-state index in [1.54, 1.807) is 0 Å². The van der Waals surface area contributed by atoms with Crippen LogP contribution in [0.2, 0.25) is 0 Å². The zero-order chi connectivity index (χ0) is 13.6. The molecule has 18 heavy (non-hydrogen) atoms. The second kappa shape index (κ2) is 7.61. The third kappa shape index (κ3) is 4.98. The van der Waals surface area contributed by atoms with Crippen LogP contribution in [0.25, 0.3) is 0 Å². The number of nitrogens with two attached hydrogens (primary N) is 1. The van der Waals surface area contributed by atoms with E-state index in [9.17, 15) is 9.67 Å². The highest BCUT2D eigenvalue weighted by molar-refractivity contribution is 7.53. The zero-order valence-electron chi connectivity index (χ0n) is 11.4. The van der Waals surface area contributed by atoms with Crippen molar-refractivity contribution in [1.29, 1.82) is 0 Å². The summed E-state index contributed by atoms with van der Waals surface area (Å²) >= 11 is 0. The van der Waals surface area contributed by atoms with Crippen LogP contribution < -0.4 is 5.73 Å². The van der Waals surface area contributed by atoms with Crippen LogP contribution in [0.5, 0.6) is 0 Å². The standard InChI is InChI=1S/C12H26NO4P/c1-16-18(15,17-2)9-12(14)11(13)8-10-6-4-3-5-7-10/h10-12,14H,3-9,13H2,1-2H3/t11-,12-/m0/s1. The van der Waals surface area contributed by atoms with Crippen molar-refractivity contribution < 1.29 is 18.7 Å². The lowest BCUT2D eigenvalue weighted by Crippen LogP contribution is -2.39. The number of rotatable bonds is 7. The minimum absolute atomic E-state index is 0.0338. The van der Waals surface area contributed by atoms with Crippen molar-refractivity contribution in [3.05, 3.63) is 0 Å². The Morgan fingerprint density at radius 2 is 1.83 bits per heavy atom. The summed E-state index contributed by atoms with van der Waals surface area (Å²) in [6, 6.07) is -0.355. The van der Waals surface area contributed by atoms with Gasteiger partial charge in [-0.1, -0.05) is 32.1 Å². The molecule has 1 rings (SSSR count). The largest absolute Gasteiger partial charge is 0.391 e. The Labute approximate surface area is 110 Å². The number of hydrogen-bond donors (Lipinski definition) is 2. The summed E-state index contributed by atoms with van der Waals surface area (Å²) in [4.78, 5) is 0. The predicted octanol–water partition coefficient (Wildman–Crippen LogP) is 2.13. The van der Waals surface area contributed by atoms with Crippen molar-refractivity contribution >= 4 is 7.60 Å². The van der Waals surface area contributed by atoms with E-state index in [1.807, 2.05) is 0 Å². The van der Waals surface area contributed by atoms with Gasteiger partial charge >= 0.3 is 7.60 Å². The number of aliphatic hydroxyl groups is 1. The third-order valence-corrected chi connectivity index (χ3v) is 5.73. The smallest absolute Gasteiger partial charge is 0.332 e. The zero-order valence-corrected chi connectivity index (χ0v) is 12.3. The number of aliphatic hydroxyl groups excluding tert-OH is 1. The topological polar surface area (TPSA) is 81.8 Å². The van der Waals surface area contributed by atoms with Gasteiger partial charge in [0.2, 0.25) is 0 Å². The Morgan fingerprint density at radius 3 is 2.33 bits per heavy atom. The van der Waals surface area contributed by atoms with Gasteiger partial charge in [-0.05, 0) is 12.3 Å². The SMILES string of the molecule is COP(=O)(C[C@H](O)[C@@H](N)CC1CCCCC1)OC. The molecule has 108 valence electrons. The molecule has 1 aliphatic carbocycles. The molecule has 6 heteroatoms. The molecule has 0 bridgehead atoms. The second-order valence-electron chi connectivity index (χ2n) is 5.13. The Balaban J connectivity index is 2.40. The Kier molecular flexibility index (Phi) is 6.82. The molecule has 1 aliphatic rings. The summed E-state index contributed by atoms with van der Waals surface area (Å²) in [5.41, 5.74) is 5.98. The van der Waals surface area contributed by atoms with Crippen LogP contribution >= 0.6 is 7.60 Å². The fourth-order valence-electron chi connectivity index (χ4n) is 2.55. The van der Waals surface area contributed by atoms with Crippen molar-refractivity contribution in [3.63, 3.8) is 0 Å². The normalized spacial score (nSPS) is 21.8. The Morgan fingerprint density at radius 1 is 1.28 bits per heavy atom. The number of hydrogen-bond acceptors (Lipinski definition) is 5. The van der Waals surface area contributed by atoms with Gasteiger partial charge in [-0.25, -0.2) is 0 Å². The van der Waals surface area contributed by atoms with E-state index in [4.69, 9.17) is 14.8 Å². The molecular weight excluding hydrogens is 253 g/mol. The fraction of sp³-hybridized carbons (Fsp3) is 1.00. The second-order valence-corrected chi connectivity index (χ2v) is 7.45. The molecular formula is C12H26NO4P. The molecule has 3 N–H and O–H groups in total. The minimum Gasteiger partial charge on any atom is -0.391 e. The predicted molar refractivity (Wildman–Crippen MR) is 71.7 cm³/mol. The van der Waals surface area contributed by atoms with Crippen LogP contribution in [0.15, 0.2) is 0 Å². The van der Waals surface area contributed by atoms with E-state index in [0.717, 1.165) is 6.42 Å². The maximum atomic E-state index is 11.9. The van der Waals surface area contributed by atoms with E-state index >= 15 is 0 Å². The van der Waals surface area contributed by atoms with Crippen LogP contribution in [0, 0.1) is 5.92 Å².